The summed E-state index contributed by atoms with van der Waals surface area (Å²) in [5.41, 5.74) is 6.37. The number of anilines is 1. The normalized spacial score (nSPS) is 10.3. The van der Waals surface area contributed by atoms with Crippen LogP contribution < -0.4 is 16.4 Å². The van der Waals surface area contributed by atoms with E-state index in [1.807, 2.05) is 0 Å². The van der Waals surface area contributed by atoms with Gasteiger partial charge in [0.15, 0.2) is 0 Å². The van der Waals surface area contributed by atoms with Crippen LogP contribution >= 0.6 is 0 Å². The molecule has 1 aromatic rings. The summed E-state index contributed by atoms with van der Waals surface area (Å²) >= 11 is 0. The summed E-state index contributed by atoms with van der Waals surface area (Å²) in [6.07, 6.45) is 5.33. The van der Waals surface area contributed by atoms with Crippen molar-refractivity contribution in [3.05, 3.63) is 29.8 Å². The lowest BCUT2D eigenvalue weighted by molar-refractivity contribution is -0.136. The molecule has 0 aliphatic heterocycles. The van der Waals surface area contributed by atoms with Gasteiger partial charge in [-0.1, -0.05) is 25.3 Å². The summed E-state index contributed by atoms with van der Waals surface area (Å²) in [4.78, 5) is 34.3. The van der Waals surface area contributed by atoms with E-state index in [1.165, 1.54) is 0 Å². The van der Waals surface area contributed by atoms with E-state index in [0.717, 1.165) is 32.1 Å². The molecule has 1 rings (SSSR count). The zero-order valence-electron chi connectivity index (χ0n) is 14.4. The first-order valence-electron chi connectivity index (χ1n) is 8.63. The number of unbranched alkanes of at least 4 members (excludes halogenated alkanes) is 4. The standard InChI is InChI=1S/C18H27N3O4/c19-11-5-3-1-2-4-9-16(22)21-15-8-6-7-14(13-15)18(25)20-12-10-17(23)24/h6-8,13H,1-5,9-12,19H2,(H,20,25)(H,21,22)(H,23,24). The van der Waals surface area contributed by atoms with Crippen LogP contribution in [0.5, 0.6) is 0 Å². The fraction of sp³-hybridized carbons (Fsp3) is 0.500. The largest absolute Gasteiger partial charge is 0.481 e. The lowest BCUT2D eigenvalue weighted by atomic mass is 10.1. The van der Waals surface area contributed by atoms with E-state index in [1.54, 1.807) is 24.3 Å². The van der Waals surface area contributed by atoms with Gasteiger partial charge in [0.05, 0.1) is 6.42 Å². The molecular formula is C18H27N3O4. The molecule has 0 unspecified atom stereocenters. The summed E-state index contributed by atoms with van der Waals surface area (Å²) in [5.74, 6) is -1.41. The van der Waals surface area contributed by atoms with Gasteiger partial charge in [0.25, 0.3) is 5.91 Å². The molecular weight excluding hydrogens is 322 g/mol. The maximum atomic E-state index is 11.9. The van der Waals surface area contributed by atoms with E-state index >= 15 is 0 Å². The Labute approximate surface area is 148 Å². The third-order valence-corrected chi connectivity index (χ3v) is 3.64. The third-order valence-electron chi connectivity index (χ3n) is 3.64. The fourth-order valence-corrected chi connectivity index (χ4v) is 2.31. The van der Waals surface area contributed by atoms with Crippen LogP contribution in [0, 0.1) is 0 Å². The molecule has 0 saturated heterocycles. The average molecular weight is 349 g/mol. The van der Waals surface area contributed by atoms with Gasteiger partial charge in [-0.2, -0.15) is 0 Å². The number of carbonyl (C=O) groups excluding carboxylic acids is 2. The smallest absolute Gasteiger partial charge is 0.305 e. The molecule has 5 N–H and O–H groups in total. The first kappa shape index (κ1) is 20.6. The molecule has 0 bridgehead atoms. The quantitative estimate of drug-likeness (QED) is 0.431. The van der Waals surface area contributed by atoms with E-state index in [9.17, 15) is 14.4 Å². The summed E-state index contributed by atoms with van der Waals surface area (Å²) < 4.78 is 0. The lowest BCUT2D eigenvalue weighted by Gasteiger charge is -2.08. The van der Waals surface area contributed by atoms with Gasteiger partial charge in [-0.25, -0.2) is 0 Å². The summed E-state index contributed by atoms with van der Waals surface area (Å²) in [7, 11) is 0. The van der Waals surface area contributed by atoms with Crippen molar-refractivity contribution in [1.82, 2.24) is 5.32 Å². The number of rotatable bonds is 12. The van der Waals surface area contributed by atoms with Crippen molar-refractivity contribution in [3.8, 4) is 0 Å². The number of hydrogen-bond acceptors (Lipinski definition) is 4. The minimum atomic E-state index is -0.968. The monoisotopic (exact) mass is 349 g/mol. The molecule has 0 atom stereocenters. The van der Waals surface area contributed by atoms with Crippen molar-refractivity contribution in [1.29, 1.82) is 0 Å². The van der Waals surface area contributed by atoms with Crippen LogP contribution in [0.2, 0.25) is 0 Å². The SMILES string of the molecule is NCCCCCCCC(=O)Nc1cccc(C(=O)NCCC(=O)O)c1. The minimum absolute atomic E-state index is 0.0644. The fourth-order valence-electron chi connectivity index (χ4n) is 2.31. The number of nitrogens with two attached hydrogens (primary N) is 1. The predicted octanol–water partition coefficient (Wildman–Crippen LogP) is 2.13. The van der Waals surface area contributed by atoms with Crippen molar-refractivity contribution < 1.29 is 19.5 Å². The Balaban J connectivity index is 2.37. The number of nitrogens with one attached hydrogen (secondary N) is 2. The number of benzene rings is 1. The number of aliphatic carboxylic acids is 1. The molecule has 0 radical (unpaired) electrons. The Morgan fingerprint density at radius 1 is 1.00 bits per heavy atom. The van der Waals surface area contributed by atoms with Crippen LogP contribution in [0.15, 0.2) is 24.3 Å². The van der Waals surface area contributed by atoms with Crippen LogP contribution in [-0.4, -0.2) is 36.0 Å². The summed E-state index contributed by atoms with van der Waals surface area (Å²) in [6.45, 7) is 0.773. The molecule has 0 heterocycles. The van der Waals surface area contributed by atoms with Crippen LogP contribution in [-0.2, 0) is 9.59 Å². The summed E-state index contributed by atoms with van der Waals surface area (Å²) in [5, 5.41) is 13.9. The van der Waals surface area contributed by atoms with E-state index in [-0.39, 0.29) is 24.8 Å². The molecule has 7 nitrogen and oxygen atoms in total. The molecule has 0 aliphatic rings. The van der Waals surface area contributed by atoms with Gasteiger partial charge in [-0.3, -0.25) is 14.4 Å². The second-order valence-corrected chi connectivity index (χ2v) is 5.84. The Morgan fingerprint density at radius 3 is 2.44 bits per heavy atom. The van der Waals surface area contributed by atoms with E-state index in [0.29, 0.717) is 24.2 Å². The predicted molar refractivity (Wildman–Crippen MR) is 96.4 cm³/mol. The third kappa shape index (κ3) is 9.46. The van der Waals surface area contributed by atoms with E-state index < -0.39 is 5.97 Å². The Morgan fingerprint density at radius 2 is 1.72 bits per heavy atom. The van der Waals surface area contributed by atoms with Gasteiger partial charge in [0.1, 0.15) is 0 Å². The molecule has 138 valence electrons. The average Bonchev–Trinajstić information content (AvgIpc) is 2.58. The Hall–Kier alpha value is -2.41. The highest BCUT2D eigenvalue weighted by molar-refractivity contribution is 5.97. The van der Waals surface area contributed by atoms with Crippen LogP contribution in [0.3, 0.4) is 0 Å². The number of carboxylic acids is 1. The second kappa shape index (κ2) is 12.0. The number of carboxylic acid groups (broad SMARTS) is 1. The van der Waals surface area contributed by atoms with Crippen molar-refractivity contribution in [2.75, 3.05) is 18.4 Å². The first-order valence-corrected chi connectivity index (χ1v) is 8.63. The first-order chi connectivity index (χ1) is 12.0. The maximum Gasteiger partial charge on any atom is 0.305 e. The van der Waals surface area contributed by atoms with Crippen LogP contribution in [0.1, 0.15) is 55.3 Å². The van der Waals surface area contributed by atoms with Crippen LogP contribution in [0.4, 0.5) is 5.69 Å². The number of amides is 2. The van der Waals surface area contributed by atoms with E-state index in [2.05, 4.69) is 10.6 Å². The van der Waals surface area contributed by atoms with Crippen LogP contribution in [0.25, 0.3) is 0 Å². The Bertz CT molecular complexity index is 575. The number of hydrogen-bond donors (Lipinski definition) is 4. The highest BCUT2D eigenvalue weighted by Gasteiger charge is 2.08. The highest BCUT2D eigenvalue weighted by atomic mass is 16.4. The van der Waals surface area contributed by atoms with Crippen molar-refractivity contribution >= 4 is 23.5 Å². The van der Waals surface area contributed by atoms with Gasteiger partial charge in [-0.15, -0.1) is 0 Å². The Kier molecular flexibility index (Phi) is 9.92. The molecule has 0 aliphatic carbocycles. The van der Waals surface area contributed by atoms with Gasteiger partial charge in [-0.05, 0) is 37.6 Å². The molecule has 1 aromatic carbocycles. The maximum absolute atomic E-state index is 11.9. The van der Waals surface area contributed by atoms with E-state index in [4.69, 9.17) is 10.8 Å². The van der Waals surface area contributed by atoms with Crippen molar-refractivity contribution in [2.24, 2.45) is 5.73 Å². The molecule has 2 amide bonds. The molecule has 0 spiro atoms. The highest BCUT2D eigenvalue weighted by Crippen LogP contribution is 2.12. The minimum Gasteiger partial charge on any atom is -0.481 e. The molecule has 0 aromatic heterocycles. The van der Waals surface area contributed by atoms with Gasteiger partial charge in [0.2, 0.25) is 5.91 Å². The molecule has 25 heavy (non-hydrogen) atoms. The zero-order chi connectivity index (χ0) is 18.5. The molecule has 0 fully saturated rings. The lowest BCUT2D eigenvalue weighted by Crippen LogP contribution is -2.26. The summed E-state index contributed by atoms with van der Waals surface area (Å²) in [6, 6.07) is 6.58. The van der Waals surface area contributed by atoms with Gasteiger partial charge in [0, 0.05) is 24.2 Å². The zero-order valence-corrected chi connectivity index (χ0v) is 14.4. The second-order valence-electron chi connectivity index (χ2n) is 5.84. The molecule has 7 heteroatoms. The van der Waals surface area contributed by atoms with Crippen molar-refractivity contribution in [2.45, 2.75) is 44.9 Å². The van der Waals surface area contributed by atoms with Gasteiger partial charge >= 0.3 is 5.97 Å². The van der Waals surface area contributed by atoms with Gasteiger partial charge < -0.3 is 21.5 Å². The topological polar surface area (TPSA) is 122 Å². The molecule has 0 saturated carbocycles. The van der Waals surface area contributed by atoms with Crippen molar-refractivity contribution in [3.63, 3.8) is 0 Å². The number of carbonyl (C=O) groups is 3.